The molecule has 0 spiro atoms. The first-order valence-electron chi connectivity index (χ1n) is 6.22. The van der Waals surface area contributed by atoms with Gasteiger partial charge in [0.1, 0.15) is 0 Å². The van der Waals surface area contributed by atoms with Gasteiger partial charge in [0, 0.05) is 11.3 Å². The topological polar surface area (TPSA) is 44.1 Å². The van der Waals surface area contributed by atoms with Crippen LogP contribution in [0.25, 0.3) is 5.69 Å². The second-order valence-corrected chi connectivity index (χ2v) is 4.60. The molecule has 0 unspecified atom stereocenters. The Hall–Kier alpha value is -2.10. The lowest BCUT2D eigenvalue weighted by Gasteiger charge is -2.08. The molecule has 1 heterocycles. The molecule has 19 heavy (non-hydrogen) atoms. The van der Waals surface area contributed by atoms with Crippen LogP contribution >= 0.6 is 0 Å². The van der Waals surface area contributed by atoms with Crippen LogP contribution in [0.1, 0.15) is 22.5 Å². The fourth-order valence-corrected chi connectivity index (χ4v) is 2.18. The highest BCUT2D eigenvalue weighted by Gasteiger charge is 2.16. The number of carbonyl (C=O) groups is 1. The van der Waals surface area contributed by atoms with Crippen LogP contribution in [-0.2, 0) is 16.0 Å². The molecule has 0 saturated carbocycles. The summed E-state index contributed by atoms with van der Waals surface area (Å²) in [4.78, 5) is 11.4. The van der Waals surface area contributed by atoms with Gasteiger partial charge in [-0.2, -0.15) is 5.10 Å². The van der Waals surface area contributed by atoms with E-state index in [-0.39, 0.29) is 12.4 Å². The third kappa shape index (κ3) is 2.52. The summed E-state index contributed by atoms with van der Waals surface area (Å²) in [5.41, 5.74) is 4.98. The van der Waals surface area contributed by atoms with Crippen LogP contribution in [0, 0.1) is 20.8 Å². The number of aryl methyl sites for hydroxylation is 2. The van der Waals surface area contributed by atoms with E-state index in [1.807, 2.05) is 49.7 Å². The highest BCUT2D eigenvalue weighted by molar-refractivity contribution is 5.73. The number of nitrogens with zero attached hydrogens (tertiary/aromatic N) is 2. The Morgan fingerprint density at radius 3 is 2.58 bits per heavy atom. The number of methoxy groups -OCH3 is 1. The Bertz CT molecular complexity index is 615. The first kappa shape index (κ1) is 13.3. The predicted molar refractivity (Wildman–Crippen MR) is 73.5 cm³/mol. The fraction of sp³-hybridized carbons (Fsp3) is 0.333. The number of para-hydroxylation sites is 1. The molecule has 0 aliphatic rings. The summed E-state index contributed by atoms with van der Waals surface area (Å²) in [6, 6.07) is 8.06. The van der Waals surface area contributed by atoms with E-state index in [9.17, 15) is 4.79 Å². The predicted octanol–water partition coefficient (Wildman–Crippen LogP) is 2.51. The molecule has 0 fully saturated rings. The molecule has 4 nitrogen and oxygen atoms in total. The molecule has 2 aromatic rings. The number of hydrogen-bond donors (Lipinski definition) is 0. The highest BCUT2D eigenvalue weighted by Crippen LogP contribution is 2.20. The molecule has 0 atom stereocenters. The quantitative estimate of drug-likeness (QED) is 0.795. The minimum atomic E-state index is -0.240. The van der Waals surface area contributed by atoms with Gasteiger partial charge in [-0.25, -0.2) is 4.68 Å². The van der Waals surface area contributed by atoms with E-state index in [0.29, 0.717) is 0 Å². The Balaban J connectivity index is 2.47. The van der Waals surface area contributed by atoms with E-state index >= 15 is 0 Å². The second kappa shape index (κ2) is 5.26. The van der Waals surface area contributed by atoms with E-state index in [1.54, 1.807) is 0 Å². The van der Waals surface area contributed by atoms with Crippen LogP contribution in [-0.4, -0.2) is 22.9 Å². The smallest absolute Gasteiger partial charge is 0.310 e. The molecule has 0 bridgehead atoms. The number of ether oxygens (including phenoxy) is 1. The van der Waals surface area contributed by atoms with Gasteiger partial charge < -0.3 is 4.74 Å². The molecule has 0 saturated heterocycles. The third-order valence-electron chi connectivity index (χ3n) is 3.33. The monoisotopic (exact) mass is 258 g/mol. The van der Waals surface area contributed by atoms with Crippen molar-refractivity contribution in [3.63, 3.8) is 0 Å². The molecule has 2 rings (SSSR count). The summed E-state index contributed by atoms with van der Waals surface area (Å²) < 4.78 is 6.62. The standard InChI is InChI=1S/C15H18N2O2/c1-10-7-5-6-8-14(10)17-12(3)13(11(2)16-17)9-15(18)19-4/h5-8H,9H2,1-4H3. The van der Waals surface area contributed by atoms with Crippen molar-refractivity contribution in [2.45, 2.75) is 27.2 Å². The molecule has 0 N–H and O–H groups in total. The van der Waals surface area contributed by atoms with Crippen LogP contribution < -0.4 is 0 Å². The van der Waals surface area contributed by atoms with E-state index in [4.69, 9.17) is 4.74 Å². The number of rotatable bonds is 3. The van der Waals surface area contributed by atoms with Crippen molar-refractivity contribution in [1.82, 2.24) is 9.78 Å². The molecular formula is C15H18N2O2. The number of carbonyl (C=O) groups excluding carboxylic acids is 1. The normalized spacial score (nSPS) is 10.5. The van der Waals surface area contributed by atoms with Crippen molar-refractivity contribution in [3.05, 3.63) is 46.8 Å². The van der Waals surface area contributed by atoms with Crippen LogP contribution in [0.3, 0.4) is 0 Å². The van der Waals surface area contributed by atoms with Crippen molar-refractivity contribution >= 4 is 5.97 Å². The molecule has 1 aromatic heterocycles. The minimum absolute atomic E-state index is 0.240. The van der Waals surface area contributed by atoms with Crippen molar-refractivity contribution in [2.75, 3.05) is 7.11 Å². The van der Waals surface area contributed by atoms with Crippen molar-refractivity contribution in [3.8, 4) is 5.69 Å². The van der Waals surface area contributed by atoms with Gasteiger partial charge in [0.2, 0.25) is 0 Å². The maximum atomic E-state index is 11.4. The van der Waals surface area contributed by atoms with Gasteiger partial charge in [0.15, 0.2) is 0 Å². The molecular weight excluding hydrogens is 240 g/mol. The van der Waals surface area contributed by atoms with Gasteiger partial charge in [-0.05, 0) is 32.4 Å². The average molecular weight is 258 g/mol. The Labute approximate surface area is 113 Å². The first-order chi connectivity index (χ1) is 9.04. The minimum Gasteiger partial charge on any atom is -0.469 e. The van der Waals surface area contributed by atoms with Crippen LogP contribution in [0.5, 0.6) is 0 Å². The van der Waals surface area contributed by atoms with E-state index in [1.165, 1.54) is 7.11 Å². The summed E-state index contributed by atoms with van der Waals surface area (Å²) in [6.07, 6.45) is 0.264. The van der Waals surface area contributed by atoms with Gasteiger partial charge in [-0.3, -0.25) is 4.79 Å². The maximum Gasteiger partial charge on any atom is 0.310 e. The fourth-order valence-electron chi connectivity index (χ4n) is 2.18. The summed E-state index contributed by atoms with van der Waals surface area (Å²) in [5, 5.41) is 4.54. The van der Waals surface area contributed by atoms with Crippen molar-refractivity contribution in [2.24, 2.45) is 0 Å². The lowest BCUT2D eigenvalue weighted by Crippen LogP contribution is -2.07. The van der Waals surface area contributed by atoms with Crippen LogP contribution in [0.4, 0.5) is 0 Å². The van der Waals surface area contributed by atoms with Crippen molar-refractivity contribution in [1.29, 1.82) is 0 Å². The van der Waals surface area contributed by atoms with Gasteiger partial charge >= 0.3 is 5.97 Å². The van der Waals surface area contributed by atoms with Gasteiger partial charge in [0.05, 0.1) is 24.9 Å². The number of aromatic nitrogens is 2. The van der Waals surface area contributed by atoms with E-state index in [2.05, 4.69) is 5.10 Å². The molecule has 0 aliphatic carbocycles. The molecule has 100 valence electrons. The average Bonchev–Trinajstić information content (AvgIpc) is 2.67. The largest absolute Gasteiger partial charge is 0.469 e. The highest BCUT2D eigenvalue weighted by atomic mass is 16.5. The zero-order chi connectivity index (χ0) is 14.0. The second-order valence-electron chi connectivity index (χ2n) is 4.60. The summed E-state index contributed by atoms with van der Waals surface area (Å²) in [5.74, 6) is -0.240. The first-order valence-corrected chi connectivity index (χ1v) is 6.22. The zero-order valence-corrected chi connectivity index (χ0v) is 11.7. The molecule has 0 radical (unpaired) electrons. The van der Waals surface area contributed by atoms with Crippen LogP contribution in [0.2, 0.25) is 0 Å². The van der Waals surface area contributed by atoms with Crippen molar-refractivity contribution < 1.29 is 9.53 Å². The number of esters is 1. The van der Waals surface area contributed by atoms with Gasteiger partial charge in [-0.15, -0.1) is 0 Å². The van der Waals surface area contributed by atoms with E-state index in [0.717, 1.165) is 28.2 Å². The Kier molecular flexibility index (Phi) is 3.69. The lowest BCUT2D eigenvalue weighted by molar-refractivity contribution is -0.139. The summed E-state index contributed by atoms with van der Waals surface area (Å²) in [6.45, 7) is 5.94. The maximum absolute atomic E-state index is 11.4. The summed E-state index contributed by atoms with van der Waals surface area (Å²) >= 11 is 0. The zero-order valence-electron chi connectivity index (χ0n) is 11.7. The van der Waals surface area contributed by atoms with Crippen LogP contribution in [0.15, 0.2) is 24.3 Å². The van der Waals surface area contributed by atoms with Gasteiger partial charge in [0.25, 0.3) is 0 Å². The molecule has 1 aromatic carbocycles. The number of benzene rings is 1. The summed E-state index contributed by atoms with van der Waals surface area (Å²) in [7, 11) is 1.40. The Morgan fingerprint density at radius 2 is 1.95 bits per heavy atom. The lowest BCUT2D eigenvalue weighted by atomic mass is 10.1. The van der Waals surface area contributed by atoms with Gasteiger partial charge in [-0.1, -0.05) is 18.2 Å². The third-order valence-corrected chi connectivity index (χ3v) is 3.33. The SMILES string of the molecule is COC(=O)Cc1c(C)nn(-c2ccccc2C)c1C. The van der Waals surface area contributed by atoms with E-state index < -0.39 is 0 Å². The Morgan fingerprint density at radius 1 is 1.26 bits per heavy atom. The molecule has 0 amide bonds. The number of hydrogen-bond acceptors (Lipinski definition) is 3. The molecule has 0 aliphatic heterocycles. The molecule has 4 heteroatoms.